The van der Waals surface area contributed by atoms with Crippen LogP contribution in [0.4, 0.5) is 0 Å². The Labute approximate surface area is 174 Å². The maximum Gasteiger partial charge on any atom is 0.338 e. The van der Waals surface area contributed by atoms with Crippen molar-refractivity contribution in [3.8, 4) is 0 Å². The second kappa shape index (κ2) is 8.04. The molecule has 2 aliphatic heterocycles. The number of rotatable bonds is 5. The van der Waals surface area contributed by atoms with Crippen LogP contribution in [-0.2, 0) is 39.3 Å². The minimum absolute atomic E-state index is 0.150. The predicted molar refractivity (Wildman–Crippen MR) is 109 cm³/mol. The summed E-state index contributed by atoms with van der Waals surface area (Å²) in [5.74, 6) is -1.84. The number of carboxylic acid groups (broad SMARTS) is 2. The van der Waals surface area contributed by atoms with Crippen molar-refractivity contribution < 1.29 is 24.5 Å². The third kappa shape index (κ3) is 3.32. The van der Waals surface area contributed by atoms with E-state index in [2.05, 4.69) is 22.0 Å². The van der Waals surface area contributed by atoms with Crippen LogP contribution in [0.5, 0.6) is 0 Å². The number of hydrogen-bond donors (Lipinski definition) is 3. The number of nitrogens with zero attached hydrogens (tertiary/aromatic N) is 2. The molecular weight excluding hydrogens is 386 g/mol. The molecule has 1 fully saturated rings. The van der Waals surface area contributed by atoms with Crippen LogP contribution in [0.25, 0.3) is 5.57 Å². The van der Waals surface area contributed by atoms with Gasteiger partial charge in [0.05, 0.1) is 23.3 Å². The number of carbonyl (C=O) groups is 2. The summed E-state index contributed by atoms with van der Waals surface area (Å²) in [6, 6.07) is 8.37. The molecule has 0 unspecified atom stereocenters. The fraction of sp³-hybridized carbons (Fsp3) is 0.409. The first-order chi connectivity index (χ1) is 14.5. The first-order valence-corrected chi connectivity index (χ1v) is 10.0. The van der Waals surface area contributed by atoms with E-state index in [4.69, 9.17) is 9.72 Å². The van der Waals surface area contributed by atoms with Crippen LogP contribution in [0.15, 0.2) is 30.3 Å². The molecule has 2 aliphatic rings. The summed E-state index contributed by atoms with van der Waals surface area (Å²) < 4.78 is 7.44. The largest absolute Gasteiger partial charge is 0.478 e. The van der Waals surface area contributed by atoms with E-state index in [0.29, 0.717) is 18.3 Å². The highest BCUT2D eigenvalue weighted by molar-refractivity contribution is 6.19. The molecule has 3 N–H and O–H groups in total. The van der Waals surface area contributed by atoms with Gasteiger partial charge in [0.2, 0.25) is 0 Å². The molecule has 4 rings (SSSR count). The molecule has 0 amide bonds. The highest BCUT2D eigenvalue weighted by Gasteiger charge is 2.44. The van der Waals surface area contributed by atoms with Gasteiger partial charge in [0, 0.05) is 19.7 Å². The Morgan fingerprint density at radius 3 is 2.67 bits per heavy atom. The number of ether oxygens (including phenoxy) is 1. The van der Waals surface area contributed by atoms with E-state index in [0.717, 1.165) is 38.2 Å². The lowest BCUT2D eigenvalue weighted by Gasteiger charge is -2.38. The average Bonchev–Trinajstić information content (AvgIpc) is 3.04. The van der Waals surface area contributed by atoms with Gasteiger partial charge in [-0.1, -0.05) is 24.3 Å². The number of hydrogen-bond acceptors (Lipinski definition) is 5. The van der Waals surface area contributed by atoms with Crippen molar-refractivity contribution in [2.75, 3.05) is 20.2 Å². The minimum atomic E-state index is -1.32. The second-order valence-corrected chi connectivity index (χ2v) is 7.76. The molecular formula is C22H25N3O5. The minimum Gasteiger partial charge on any atom is -0.478 e. The summed E-state index contributed by atoms with van der Waals surface area (Å²) in [5.41, 5.74) is 2.60. The Kier molecular flexibility index (Phi) is 5.44. The van der Waals surface area contributed by atoms with Crippen molar-refractivity contribution in [2.45, 2.75) is 37.8 Å². The van der Waals surface area contributed by atoms with Crippen molar-refractivity contribution in [1.29, 1.82) is 0 Å². The third-order valence-corrected chi connectivity index (χ3v) is 6.13. The molecule has 0 aliphatic carbocycles. The summed E-state index contributed by atoms with van der Waals surface area (Å²) in [7, 11) is 1.54. The number of aliphatic carboxylic acids is 2. The van der Waals surface area contributed by atoms with E-state index in [-0.39, 0.29) is 23.3 Å². The maximum atomic E-state index is 11.9. The zero-order chi connectivity index (χ0) is 21.3. The standard InChI is InChI=1S/C22H25N3O5/c1-30-13-17-19(15(20(28)29)12-18(26)27)24-21-22(7-9-23-10-8-22)16-5-3-2-4-14(16)6-11-25(17)21/h2-5,12,23H,6-11,13H2,1H3,(H,26,27)(H,28,29). The number of aromatic nitrogens is 2. The highest BCUT2D eigenvalue weighted by Crippen LogP contribution is 2.44. The number of aryl methyl sites for hydroxylation is 1. The Balaban J connectivity index is 2.00. The zero-order valence-corrected chi connectivity index (χ0v) is 16.9. The lowest BCUT2D eigenvalue weighted by atomic mass is 9.71. The lowest BCUT2D eigenvalue weighted by Crippen LogP contribution is -2.42. The molecule has 30 heavy (non-hydrogen) atoms. The lowest BCUT2D eigenvalue weighted by molar-refractivity contribution is -0.133. The van der Waals surface area contributed by atoms with Gasteiger partial charge in [-0.05, 0) is 43.5 Å². The Hall–Kier alpha value is -2.97. The van der Waals surface area contributed by atoms with Crippen molar-refractivity contribution in [1.82, 2.24) is 14.9 Å². The Morgan fingerprint density at radius 2 is 2.00 bits per heavy atom. The summed E-state index contributed by atoms with van der Waals surface area (Å²) in [6.45, 7) is 2.43. The van der Waals surface area contributed by atoms with E-state index < -0.39 is 11.9 Å². The fourth-order valence-corrected chi connectivity index (χ4v) is 4.85. The molecule has 0 bridgehead atoms. The van der Waals surface area contributed by atoms with Gasteiger partial charge in [-0.15, -0.1) is 0 Å². The number of imidazole rings is 1. The predicted octanol–water partition coefficient (Wildman–Crippen LogP) is 1.81. The summed E-state index contributed by atoms with van der Waals surface area (Å²) in [4.78, 5) is 28.0. The fourth-order valence-electron chi connectivity index (χ4n) is 4.85. The van der Waals surface area contributed by atoms with E-state index in [1.807, 2.05) is 12.1 Å². The molecule has 158 valence electrons. The first kappa shape index (κ1) is 20.3. The molecule has 1 aromatic heterocycles. The third-order valence-electron chi connectivity index (χ3n) is 6.13. The zero-order valence-electron chi connectivity index (χ0n) is 16.9. The van der Waals surface area contributed by atoms with Gasteiger partial charge in [0.1, 0.15) is 11.5 Å². The highest BCUT2D eigenvalue weighted by atomic mass is 16.5. The molecule has 1 saturated heterocycles. The topological polar surface area (TPSA) is 114 Å². The molecule has 2 aromatic rings. The van der Waals surface area contributed by atoms with E-state index in [1.54, 1.807) is 0 Å². The van der Waals surface area contributed by atoms with Crippen molar-refractivity contribution in [3.63, 3.8) is 0 Å². The Bertz CT molecular complexity index is 1020. The average molecular weight is 411 g/mol. The van der Waals surface area contributed by atoms with Crippen molar-refractivity contribution in [3.05, 3.63) is 58.7 Å². The maximum absolute atomic E-state index is 11.9. The summed E-state index contributed by atoms with van der Waals surface area (Å²) in [5, 5.41) is 22.3. The van der Waals surface area contributed by atoms with Crippen molar-refractivity contribution >= 4 is 17.5 Å². The van der Waals surface area contributed by atoms with E-state index in [1.165, 1.54) is 18.2 Å². The summed E-state index contributed by atoms with van der Waals surface area (Å²) in [6.07, 6.45) is 3.17. The first-order valence-electron chi connectivity index (χ1n) is 10.0. The molecule has 0 atom stereocenters. The van der Waals surface area contributed by atoms with Crippen molar-refractivity contribution in [2.24, 2.45) is 0 Å². The van der Waals surface area contributed by atoms with Gasteiger partial charge >= 0.3 is 11.9 Å². The quantitative estimate of drug-likeness (QED) is 0.643. The van der Waals surface area contributed by atoms with Gasteiger partial charge in [0.15, 0.2) is 0 Å². The van der Waals surface area contributed by atoms with Gasteiger partial charge in [-0.3, -0.25) is 0 Å². The van der Waals surface area contributed by atoms with Gasteiger partial charge < -0.3 is 24.8 Å². The molecule has 8 nitrogen and oxygen atoms in total. The monoisotopic (exact) mass is 411 g/mol. The summed E-state index contributed by atoms with van der Waals surface area (Å²) >= 11 is 0. The normalized spacial score (nSPS) is 17.8. The number of methoxy groups -OCH3 is 1. The number of piperidine rings is 1. The number of nitrogens with one attached hydrogen (secondary N) is 1. The van der Waals surface area contributed by atoms with Crippen LogP contribution in [0.2, 0.25) is 0 Å². The molecule has 0 saturated carbocycles. The van der Waals surface area contributed by atoms with Crippen LogP contribution < -0.4 is 5.32 Å². The second-order valence-electron chi connectivity index (χ2n) is 7.76. The number of benzene rings is 1. The molecule has 0 radical (unpaired) electrons. The van der Waals surface area contributed by atoms with Gasteiger partial charge in [-0.25, -0.2) is 14.6 Å². The Morgan fingerprint density at radius 1 is 1.27 bits per heavy atom. The van der Waals surface area contributed by atoms with Crippen LogP contribution >= 0.6 is 0 Å². The van der Waals surface area contributed by atoms with Crippen LogP contribution in [0.1, 0.15) is 41.2 Å². The van der Waals surface area contributed by atoms with Crippen LogP contribution in [-0.4, -0.2) is 51.9 Å². The smallest absolute Gasteiger partial charge is 0.338 e. The van der Waals surface area contributed by atoms with Crippen LogP contribution in [0.3, 0.4) is 0 Å². The van der Waals surface area contributed by atoms with Gasteiger partial charge in [0.25, 0.3) is 0 Å². The van der Waals surface area contributed by atoms with E-state index >= 15 is 0 Å². The number of fused-ring (bicyclic) bond motifs is 4. The molecule has 3 heterocycles. The van der Waals surface area contributed by atoms with Gasteiger partial charge in [-0.2, -0.15) is 0 Å². The SMILES string of the molecule is COCc1c(C(=CC(=O)O)C(=O)O)nc2n1CCc1ccccc1C21CCNCC1. The molecule has 1 aromatic carbocycles. The molecule has 8 heteroatoms. The van der Waals surface area contributed by atoms with E-state index in [9.17, 15) is 19.8 Å². The molecule has 1 spiro atoms. The van der Waals surface area contributed by atoms with Crippen LogP contribution in [0, 0.1) is 0 Å². The number of carboxylic acids is 2.